The minimum atomic E-state index is -1.69. The van der Waals surface area contributed by atoms with Crippen molar-refractivity contribution < 1.29 is 4.39 Å². The van der Waals surface area contributed by atoms with E-state index in [1.54, 1.807) is 39.0 Å². The van der Waals surface area contributed by atoms with Gasteiger partial charge in [0.2, 0.25) is 0 Å². The summed E-state index contributed by atoms with van der Waals surface area (Å²) >= 11 is 11.9. The molecule has 0 saturated carbocycles. The maximum absolute atomic E-state index is 14.9. The summed E-state index contributed by atoms with van der Waals surface area (Å²) in [6.07, 6.45) is 0. The van der Waals surface area contributed by atoms with Gasteiger partial charge in [0.05, 0.1) is 0 Å². The van der Waals surface area contributed by atoms with E-state index in [0.717, 1.165) is 0 Å². The quantitative estimate of drug-likeness (QED) is 0.852. The normalized spacial score (nSPS) is 15.9. The topological polar surface area (TPSA) is 26.0 Å². The fourth-order valence-electron chi connectivity index (χ4n) is 1.62. The summed E-state index contributed by atoms with van der Waals surface area (Å²) in [7, 11) is 0. The molecule has 0 heterocycles. The van der Waals surface area contributed by atoms with Crippen molar-refractivity contribution in [2.24, 2.45) is 11.1 Å². The lowest BCUT2D eigenvalue weighted by Gasteiger charge is -2.37. The highest BCUT2D eigenvalue weighted by atomic mass is 35.5. The molecule has 1 nitrogen and oxygen atoms in total. The summed E-state index contributed by atoms with van der Waals surface area (Å²) in [4.78, 5) is 0. The van der Waals surface area contributed by atoms with E-state index in [4.69, 9.17) is 28.9 Å². The highest BCUT2D eigenvalue weighted by Crippen LogP contribution is 2.45. The molecule has 0 radical (unpaired) electrons. The molecule has 0 spiro atoms. The first-order valence-electron chi connectivity index (χ1n) is 5.07. The predicted octanol–water partition coefficient (Wildman–Crippen LogP) is 4.16. The van der Waals surface area contributed by atoms with Crippen molar-refractivity contribution >= 4 is 23.2 Å². The fourth-order valence-corrected chi connectivity index (χ4v) is 2.06. The van der Waals surface area contributed by atoms with Crippen LogP contribution in [-0.2, 0) is 5.67 Å². The summed E-state index contributed by atoms with van der Waals surface area (Å²) in [5, 5.41) is 0.811. The Bertz CT molecular complexity index is 387. The van der Waals surface area contributed by atoms with Gasteiger partial charge in [-0.15, -0.1) is 0 Å². The van der Waals surface area contributed by atoms with E-state index < -0.39 is 11.1 Å². The van der Waals surface area contributed by atoms with Crippen LogP contribution in [0.5, 0.6) is 0 Å². The minimum Gasteiger partial charge on any atom is -0.327 e. The minimum absolute atomic E-state index is 0.128. The Morgan fingerprint density at radius 1 is 1.25 bits per heavy atom. The van der Waals surface area contributed by atoms with Gasteiger partial charge in [-0.05, 0) is 18.2 Å². The molecule has 0 amide bonds. The fraction of sp³-hybridized carbons (Fsp3) is 0.500. The monoisotopic (exact) mass is 263 g/mol. The molecule has 1 unspecified atom stereocenters. The molecule has 0 aliphatic rings. The van der Waals surface area contributed by atoms with Crippen LogP contribution in [0.3, 0.4) is 0 Å². The van der Waals surface area contributed by atoms with Crippen LogP contribution in [0.2, 0.25) is 10.0 Å². The van der Waals surface area contributed by atoms with Crippen LogP contribution in [0.15, 0.2) is 18.2 Å². The summed E-state index contributed by atoms with van der Waals surface area (Å²) in [5.41, 5.74) is 3.60. The number of benzene rings is 1. The third kappa shape index (κ3) is 2.34. The lowest BCUT2D eigenvalue weighted by atomic mass is 9.73. The molecular weight excluding hydrogens is 248 g/mol. The average molecular weight is 264 g/mol. The van der Waals surface area contributed by atoms with Crippen molar-refractivity contribution in [2.45, 2.75) is 26.4 Å². The summed E-state index contributed by atoms with van der Waals surface area (Å²) in [6.45, 7) is 5.24. The highest BCUT2D eigenvalue weighted by Gasteiger charge is 2.44. The van der Waals surface area contributed by atoms with E-state index in [2.05, 4.69) is 0 Å². The molecular formula is C12H16Cl2FN. The van der Waals surface area contributed by atoms with Gasteiger partial charge < -0.3 is 5.73 Å². The van der Waals surface area contributed by atoms with Gasteiger partial charge in [-0.2, -0.15) is 0 Å². The van der Waals surface area contributed by atoms with Gasteiger partial charge in [0.25, 0.3) is 0 Å². The number of rotatable bonds is 2. The Hall–Kier alpha value is -0.310. The Morgan fingerprint density at radius 3 is 2.25 bits per heavy atom. The Kier molecular flexibility index (Phi) is 3.88. The number of nitrogens with two attached hydrogens (primary N) is 1. The Balaban J connectivity index is 3.39. The van der Waals surface area contributed by atoms with Gasteiger partial charge in [0, 0.05) is 27.6 Å². The summed E-state index contributed by atoms with van der Waals surface area (Å²) < 4.78 is 14.9. The third-order valence-electron chi connectivity index (χ3n) is 2.83. The summed E-state index contributed by atoms with van der Waals surface area (Å²) in [5.74, 6) is 0. The largest absolute Gasteiger partial charge is 0.327 e. The van der Waals surface area contributed by atoms with E-state index in [0.29, 0.717) is 15.6 Å². The van der Waals surface area contributed by atoms with Crippen LogP contribution < -0.4 is 5.73 Å². The molecule has 90 valence electrons. The SMILES string of the molecule is CC(C)(C)C(F)(CN)c1cc(Cl)ccc1Cl. The van der Waals surface area contributed by atoms with E-state index in [1.807, 2.05) is 0 Å². The van der Waals surface area contributed by atoms with E-state index >= 15 is 0 Å². The van der Waals surface area contributed by atoms with Gasteiger partial charge in [-0.25, -0.2) is 4.39 Å². The Labute approximate surface area is 106 Å². The molecule has 0 fully saturated rings. The first-order chi connectivity index (χ1) is 7.22. The second-order valence-corrected chi connectivity index (χ2v) is 5.72. The zero-order valence-corrected chi connectivity index (χ0v) is 11.2. The number of hydrogen-bond acceptors (Lipinski definition) is 1. The van der Waals surface area contributed by atoms with Crippen LogP contribution in [0, 0.1) is 5.41 Å². The molecule has 0 aromatic heterocycles. The second-order valence-electron chi connectivity index (χ2n) is 4.88. The molecule has 0 aliphatic carbocycles. The zero-order chi connectivity index (χ0) is 12.6. The molecule has 1 aromatic carbocycles. The molecule has 0 aliphatic heterocycles. The molecule has 1 atom stereocenters. The number of halogens is 3. The van der Waals surface area contributed by atoms with Crippen LogP contribution in [-0.4, -0.2) is 6.54 Å². The van der Waals surface area contributed by atoms with Gasteiger partial charge in [-0.3, -0.25) is 0 Å². The number of hydrogen-bond donors (Lipinski definition) is 1. The van der Waals surface area contributed by atoms with Crippen molar-refractivity contribution in [3.63, 3.8) is 0 Å². The maximum atomic E-state index is 14.9. The lowest BCUT2D eigenvalue weighted by molar-refractivity contribution is 0.0344. The molecule has 0 bridgehead atoms. The van der Waals surface area contributed by atoms with E-state index in [9.17, 15) is 4.39 Å². The van der Waals surface area contributed by atoms with Crippen molar-refractivity contribution in [1.82, 2.24) is 0 Å². The smallest absolute Gasteiger partial charge is 0.154 e. The Morgan fingerprint density at radius 2 is 1.81 bits per heavy atom. The van der Waals surface area contributed by atoms with Gasteiger partial charge in [-0.1, -0.05) is 44.0 Å². The summed E-state index contributed by atoms with van der Waals surface area (Å²) in [6, 6.07) is 4.77. The van der Waals surface area contributed by atoms with Crippen molar-refractivity contribution in [2.75, 3.05) is 6.54 Å². The molecule has 1 aromatic rings. The average Bonchev–Trinajstić information content (AvgIpc) is 2.19. The van der Waals surface area contributed by atoms with Crippen molar-refractivity contribution in [1.29, 1.82) is 0 Å². The van der Waals surface area contributed by atoms with Crippen LogP contribution in [0.25, 0.3) is 0 Å². The van der Waals surface area contributed by atoms with Crippen molar-refractivity contribution in [3.05, 3.63) is 33.8 Å². The van der Waals surface area contributed by atoms with E-state index in [1.165, 1.54) is 0 Å². The van der Waals surface area contributed by atoms with E-state index in [-0.39, 0.29) is 6.54 Å². The maximum Gasteiger partial charge on any atom is 0.154 e. The molecule has 2 N–H and O–H groups in total. The molecule has 1 rings (SSSR count). The number of alkyl halides is 1. The van der Waals surface area contributed by atoms with Crippen molar-refractivity contribution in [3.8, 4) is 0 Å². The van der Waals surface area contributed by atoms with Crippen LogP contribution >= 0.6 is 23.2 Å². The zero-order valence-electron chi connectivity index (χ0n) is 9.65. The standard InChI is InChI=1S/C12H16Cl2FN/c1-11(2,3)12(15,7-16)9-6-8(13)4-5-10(9)14/h4-6H,7,16H2,1-3H3. The van der Waals surface area contributed by atoms with Gasteiger partial charge in [0.15, 0.2) is 5.67 Å². The van der Waals surface area contributed by atoms with Gasteiger partial charge in [0.1, 0.15) is 0 Å². The first-order valence-corrected chi connectivity index (χ1v) is 5.82. The molecule has 0 saturated heterocycles. The molecule has 16 heavy (non-hydrogen) atoms. The first kappa shape index (κ1) is 13.8. The van der Waals surface area contributed by atoms with Gasteiger partial charge >= 0.3 is 0 Å². The second kappa shape index (κ2) is 4.52. The third-order valence-corrected chi connectivity index (χ3v) is 3.39. The lowest BCUT2D eigenvalue weighted by Crippen LogP contribution is -2.42. The van der Waals surface area contributed by atoms with Crippen LogP contribution in [0.4, 0.5) is 4.39 Å². The highest BCUT2D eigenvalue weighted by molar-refractivity contribution is 6.33. The van der Waals surface area contributed by atoms with Crippen LogP contribution in [0.1, 0.15) is 26.3 Å². The predicted molar refractivity (Wildman–Crippen MR) is 67.8 cm³/mol. The molecule has 4 heteroatoms.